The predicted octanol–water partition coefficient (Wildman–Crippen LogP) is 1.30. The number of rotatable bonds is 23. The summed E-state index contributed by atoms with van der Waals surface area (Å²) in [4.78, 5) is 127. The monoisotopic (exact) mass is 1390 g/mol. The molecule has 1 unspecified atom stereocenters. The lowest BCUT2D eigenvalue weighted by molar-refractivity contribution is -0.127. The first-order chi connectivity index (χ1) is 44.3. The number of hydrogen-bond donors (Lipinski definition) is 9. The molecule has 1 aliphatic carbocycles. The van der Waals surface area contributed by atoms with Gasteiger partial charge in [-0.15, -0.1) is 39.6 Å². The number of nitrogens with one attached hydrogen (secondary N) is 3. The Kier molecular flexibility index (Phi) is 24.9. The number of nitrogens with zero attached hydrogens (tertiary/aromatic N) is 3. The Morgan fingerprint density at radius 3 is 1.19 bits per heavy atom. The average Bonchev–Trinajstić information content (AvgIpc) is 1.69. The van der Waals surface area contributed by atoms with Gasteiger partial charge in [-0.3, -0.25) is 57.4 Å². The van der Waals surface area contributed by atoms with Crippen LogP contribution in [0.5, 0.6) is 11.5 Å². The number of aliphatic hydroxyl groups is 6. The Morgan fingerprint density at radius 2 is 0.853 bits per heavy atom. The van der Waals surface area contributed by atoms with Crippen molar-refractivity contribution in [2.75, 3.05) is 78.3 Å². The van der Waals surface area contributed by atoms with E-state index >= 15 is 0 Å². The third-order valence-corrected chi connectivity index (χ3v) is 20.2. The summed E-state index contributed by atoms with van der Waals surface area (Å²) in [7, 11) is 0. The van der Waals surface area contributed by atoms with Crippen LogP contribution in [0.3, 0.4) is 0 Å². The number of carbonyl (C=O) groups is 4. The van der Waals surface area contributed by atoms with E-state index in [0.29, 0.717) is 25.4 Å². The van der Waals surface area contributed by atoms with Crippen LogP contribution >= 0.6 is 20.7 Å². The number of carbonyl (C=O) groups excluding carboxylic acids is 4. The summed E-state index contributed by atoms with van der Waals surface area (Å²) < 4.78 is 40.9. The Balaban J connectivity index is 0.000000213. The molecule has 520 valence electrons. The number of ketones is 3. The molecule has 4 aliphatic rings. The second-order valence-electron chi connectivity index (χ2n) is 25.9. The van der Waals surface area contributed by atoms with E-state index in [1.165, 1.54) is 13.8 Å². The van der Waals surface area contributed by atoms with Gasteiger partial charge in [0.2, 0.25) is 11.5 Å². The topological polar surface area (TPSA) is 419 Å². The normalized spacial score (nSPS) is 24.2. The van der Waals surface area contributed by atoms with Gasteiger partial charge in [0.25, 0.3) is 16.7 Å². The van der Waals surface area contributed by atoms with Crippen LogP contribution in [0.1, 0.15) is 87.4 Å². The van der Waals surface area contributed by atoms with Gasteiger partial charge in [0.15, 0.2) is 42.1 Å². The molecule has 95 heavy (non-hydrogen) atoms. The van der Waals surface area contributed by atoms with Gasteiger partial charge in [-0.1, -0.05) is 48.5 Å². The summed E-state index contributed by atoms with van der Waals surface area (Å²) >= 11 is 0. The van der Waals surface area contributed by atoms with Crippen LogP contribution < -0.4 is 43.2 Å². The zero-order valence-corrected chi connectivity index (χ0v) is 56.9. The molecule has 3 aromatic heterocycles. The molecule has 3 saturated heterocycles. The SMILES string of the molecule is C=P(C)(C)CC[C@H]1O[C@@H](n2cc(C(OC(=O)OCC3c4ccccc4-c4ccccc43)C(C)=O)c(=O)[nH]c2=O)[C@H](O)[C@@H]1O.C=P(C)(C)CC[C@H]1O[C@@H](n2cc(OCC(C)=O)c(=O)[nH]c2=O)[C@H](O)[C@@H]1O.C=P(C)(C)CC[C@H]1O[C@@H](n2cc(OCC(C)=O)c(=O)[nH]c2=O)[C@H](O)[C@@H]1O. The largest absolute Gasteiger partial charge is 0.509 e. The standard InChI is InChI=1S/C31H35N2O9P.2C16H25N2O7P/c1-17(34)27(42-31(39)40-16-23-20-11-7-5-9-18(20)19-10-6-8-12-21(19)23)22-15-33(30(38)32-28(22)37)29-26(36)25(35)24(41-29)13-14-43(2,3)4;2*1-9(19)8-24-11-7-18(16(23)17-14(11)22)15-13(21)12(20)10(25-15)5-6-26(2,3)4/h5-12,15,23-27,29,35-36H,2,13-14,16H2,1,3-4H3,(H,32,37,38);2*7,10,12-13,15,20-21H,2,5-6,8H2,1,3-4H3,(H,17,22,23)/t24-,25-,26-,27?,29-;2*10-,12-,13-,15-/m111/s1. The number of ether oxygens (including phenoxy) is 7. The van der Waals surface area contributed by atoms with Crippen molar-refractivity contribution in [1.29, 1.82) is 0 Å². The average molecular weight is 1390 g/mol. The minimum absolute atomic E-state index is 0.0684. The molecular weight excluding hydrogens is 1300 g/mol. The molecule has 0 spiro atoms. The molecule has 3 fully saturated rings. The number of aromatic nitrogens is 6. The molecule has 9 rings (SSSR count). The molecule has 2 aromatic carbocycles. The zero-order valence-electron chi connectivity index (χ0n) is 54.2. The smallest absolute Gasteiger partial charge is 0.479 e. The molecule has 9 N–H and O–H groups in total. The maximum Gasteiger partial charge on any atom is 0.509 e. The van der Waals surface area contributed by atoms with Crippen molar-refractivity contribution in [2.45, 2.75) is 126 Å². The molecule has 0 amide bonds. The minimum atomic E-state index is -1.71. The van der Waals surface area contributed by atoms with E-state index < -0.39 is 146 Å². The first-order valence-electron chi connectivity index (χ1n) is 30.2. The number of Topliss-reactive ketones (excluding diaryl/α,β-unsaturated/α-hetero) is 3. The van der Waals surface area contributed by atoms with Gasteiger partial charge in [-0.05, 0) is 121 Å². The van der Waals surface area contributed by atoms with Crippen molar-refractivity contribution in [3.8, 4) is 22.6 Å². The van der Waals surface area contributed by atoms with Gasteiger partial charge < -0.3 is 63.8 Å². The maximum absolute atomic E-state index is 12.8. The van der Waals surface area contributed by atoms with E-state index in [1.54, 1.807) is 0 Å². The first kappa shape index (κ1) is 75.3. The molecule has 32 heteroatoms. The minimum Gasteiger partial charge on any atom is -0.479 e. The highest BCUT2D eigenvalue weighted by Crippen LogP contribution is 2.46. The lowest BCUT2D eigenvalue weighted by Crippen LogP contribution is -2.40. The number of aromatic amines is 3. The predicted molar refractivity (Wildman–Crippen MR) is 360 cm³/mol. The van der Waals surface area contributed by atoms with Gasteiger partial charge in [-0.2, -0.15) is 0 Å². The number of benzene rings is 2. The fraction of sp³-hybridized carbons (Fsp3) is 0.508. The summed E-state index contributed by atoms with van der Waals surface area (Å²) in [6, 6.07) is 15.6. The molecule has 0 bridgehead atoms. The second kappa shape index (κ2) is 31.4. The molecule has 3 aliphatic heterocycles. The third-order valence-electron chi connectivity index (χ3n) is 15.8. The third kappa shape index (κ3) is 19.4. The van der Waals surface area contributed by atoms with Crippen molar-refractivity contribution in [2.24, 2.45) is 0 Å². The van der Waals surface area contributed by atoms with E-state index in [-0.39, 0.29) is 54.4 Å². The highest BCUT2D eigenvalue weighted by molar-refractivity contribution is 7.72. The van der Waals surface area contributed by atoms with Crippen LogP contribution in [-0.4, -0.2) is 235 Å². The second-order valence-corrected chi connectivity index (χ2v) is 38.9. The highest BCUT2D eigenvalue weighted by Gasteiger charge is 2.47. The van der Waals surface area contributed by atoms with E-state index in [0.717, 1.165) is 73.8 Å². The Bertz CT molecular complexity index is 3970. The van der Waals surface area contributed by atoms with E-state index in [4.69, 9.17) is 33.2 Å². The highest BCUT2D eigenvalue weighted by atomic mass is 31.2. The van der Waals surface area contributed by atoms with Gasteiger partial charge in [0.1, 0.15) is 56.4 Å². The van der Waals surface area contributed by atoms with Gasteiger partial charge in [0.05, 0.1) is 36.3 Å². The molecule has 29 nitrogen and oxygen atoms in total. The van der Waals surface area contributed by atoms with Crippen LogP contribution in [-0.2, 0) is 38.1 Å². The number of H-pyrrole nitrogens is 3. The molecular formula is C63H85N6O23P3. The summed E-state index contributed by atoms with van der Waals surface area (Å²) in [6.07, 6.45) is 2.55. The van der Waals surface area contributed by atoms with Crippen LogP contribution in [0.2, 0.25) is 0 Å². The number of hydrogen-bond acceptors (Lipinski definition) is 23. The van der Waals surface area contributed by atoms with Gasteiger partial charge in [0, 0.05) is 12.1 Å². The van der Waals surface area contributed by atoms with E-state index in [9.17, 15) is 78.6 Å². The van der Waals surface area contributed by atoms with E-state index in [2.05, 4.69) is 33.9 Å². The fourth-order valence-corrected chi connectivity index (χ4v) is 13.7. The van der Waals surface area contributed by atoms with Crippen LogP contribution in [0.25, 0.3) is 11.1 Å². The van der Waals surface area contributed by atoms with Crippen LogP contribution in [0.4, 0.5) is 4.79 Å². The lowest BCUT2D eigenvalue weighted by atomic mass is 9.98. The molecule has 0 radical (unpaired) electrons. The maximum atomic E-state index is 12.8. The summed E-state index contributed by atoms with van der Waals surface area (Å²) in [5, 5.41) is 62.3. The quantitative estimate of drug-likeness (QED) is 0.0329. The summed E-state index contributed by atoms with van der Waals surface area (Å²) in [6.45, 7) is 11.1. The molecule has 5 aromatic rings. The summed E-state index contributed by atoms with van der Waals surface area (Å²) in [5.41, 5.74) is -1.41. The molecule has 13 atom stereocenters. The van der Waals surface area contributed by atoms with Crippen LogP contribution in [0.15, 0.2) is 95.9 Å². The Morgan fingerprint density at radius 1 is 0.516 bits per heavy atom. The van der Waals surface area contributed by atoms with Gasteiger partial charge >= 0.3 is 23.2 Å². The van der Waals surface area contributed by atoms with Crippen molar-refractivity contribution in [3.63, 3.8) is 0 Å². The van der Waals surface area contributed by atoms with Crippen molar-refractivity contribution < 1.29 is 83.0 Å². The van der Waals surface area contributed by atoms with Crippen molar-refractivity contribution in [3.05, 3.63) is 146 Å². The van der Waals surface area contributed by atoms with Crippen LogP contribution in [0, 0.1) is 0 Å². The number of fused-ring (bicyclic) bond motifs is 3. The van der Waals surface area contributed by atoms with E-state index in [1.807, 2.05) is 88.5 Å². The molecule has 6 heterocycles. The Labute approximate surface area is 545 Å². The first-order valence-corrected chi connectivity index (χ1v) is 39.4. The zero-order chi connectivity index (χ0) is 70.3. The lowest BCUT2D eigenvalue weighted by Gasteiger charge is -2.21. The fourth-order valence-electron chi connectivity index (χ4n) is 10.9. The molecule has 0 saturated carbocycles. The van der Waals surface area contributed by atoms with Gasteiger partial charge in [-0.25, -0.2) is 19.2 Å². The number of aliphatic hydroxyl groups excluding tert-OH is 6. The Hall–Kier alpha value is -7.10. The van der Waals surface area contributed by atoms with Crippen molar-refractivity contribution >= 4 is 63.1 Å². The summed E-state index contributed by atoms with van der Waals surface area (Å²) in [5.74, 6) is -2.05. The van der Waals surface area contributed by atoms with Crippen molar-refractivity contribution in [1.82, 2.24) is 28.7 Å².